The second-order valence-corrected chi connectivity index (χ2v) is 19.8. The Labute approximate surface area is 399 Å². The third kappa shape index (κ3) is 40.6. The van der Waals surface area contributed by atoms with E-state index < -0.39 is 0 Å². The number of carbonyl (C=O) groups is 3. The third-order valence-corrected chi connectivity index (χ3v) is 13.5. The highest BCUT2D eigenvalue weighted by molar-refractivity contribution is 5.76. The molecule has 1 N–H and O–H groups in total. The molecule has 0 saturated heterocycles. The minimum atomic E-state index is 0.0113. The van der Waals surface area contributed by atoms with Crippen molar-refractivity contribution in [1.29, 1.82) is 0 Å². The zero-order valence-electron chi connectivity index (χ0n) is 44.0. The Morgan fingerprint density at radius 1 is 0.375 bits per heavy atom. The molecule has 0 aromatic heterocycles. The first kappa shape index (κ1) is 62.4. The van der Waals surface area contributed by atoms with Gasteiger partial charge < -0.3 is 19.7 Å². The van der Waals surface area contributed by atoms with Crippen LogP contribution in [0.15, 0.2) is 0 Å². The van der Waals surface area contributed by atoms with Crippen LogP contribution in [0.3, 0.4) is 0 Å². The van der Waals surface area contributed by atoms with Crippen LogP contribution >= 0.6 is 0 Å². The number of hydrogen-bond donors (Lipinski definition) is 1. The third-order valence-electron chi connectivity index (χ3n) is 13.5. The first-order chi connectivity index (χ1) is 31.4. The first-order valence-electron chi connectivity index (χ1n) is 28.7. The van der Waals surface area contributed by atoms with Crippen molar-refractivity contribution in [3.8, 4) is 0 Å². The van der Waals surface area contributed by atoms with E-state index in [0.717, 1.165) is 122 Å². The van der Waals surface area contributed by atoms with Gasteiger partial charge in [-0.25, -0.2) is 0 Å². The molecule has 0 atom stereocenters. The molecule has 64 heavy (non-hydrogen) atoms. The van der Waals surface area contributed by atoms with E-state index in [1.54, 1.807) is 0 Å². The molecule has 0 rings (SSSR count). The number of hydrogen-bond acceptors (Lipinski definition) is 6. The van der Waals surface area contributed by atoms with Gasteiger partial charge in [-0.1, -0.05) is 202 Å². The van der Waals surface area contributed by atoms with E-state index in [-0.39, 0.29) is 24.1 Å². The van der Waals surface area contributed by atoms with Crippen LogP contribution in [-0.2, 0) is 23.9 Å². The normalized spacial score (nSPS) is 11.6. The number of rotatable bonds is 51. The highest BCUT2D eigenvalue weighted by atomic mass is 16.5. The highest BCUT2D eigenvalue weighted by Crippen LogP contribution is 2.23. The highest BCUT2D eigenvalue weighted by Gasteiger charge is 2.23. The van der Waals surface area contributed by atoms with Crippen LogP contribution in [0.2, 0.25) is 0 Å². The molecular weight excluding hydrogens is 793 g/mol. The summed E-state index contributed by atoms with van der Waals surface area (Å²) in [5, 5.41) is 3.31. The van der Waals surface area contributed by atoms with E-state index in [0.29, 0.717) is 31.2 Å². The smallest absolute Gasteiger partial charge is 0.306 e. The number of unbranched alkanes of at least 4 members (excludes halogenated alkanes) is 26. The number of nitrogens with zero attached hydrogens (tertiary/aromatic N) is 1. The van der Waals surface area contributed by atoms with Crippen molar-refractivity contribution in [1.82, 2.24) is 10.2 Å². The van der Waals surface area contributed by atoms with Crippen molar-refractivity contribution in [2.24, 2.45) is 0 Å². The van der Waals surface area contributed by atoms with Crippen molar-refractivity contribution in [3.05, 3.63) is 0 Å². The minimum absolute atomic E-state index is 0.0113. The fourth-order valence-corrected chi connectivity index (χ4v) is 9.34. The predicted molar refractivity (Wildman–Crippen MR) is 276 cm³/mol. The molecule has 0 aliphatic rings. The van der Waals surface area contributed by atoms with Crippen LogP contribution in [0.4, 0.5) is 0 Å². The van der Waals surface area contributed by atoms with Crippen molar-refractivity contribution in [2.45, 2.75) is 329 Å². The van der Waals surface area contributed by atoms with Crippen LogP contribution in [0.1, 0.15) is 311 Å². The molecule has 0 aliphatic heterocycles. The molecule has 0 saturated carbocycles. The maximum absolute atomic E-state index is 13.8. The zero-order chi connectivity index (χ0) is 47.0. The molecule has 380 valence electrons. The van der Waals surface area contributed by atoms with Gasteiger partial charge >= 0.3 is 11.9 Å². The SMILES string of the molecule is CCCCCCCC(=O)N(CCCNC)C(CCCCCCCCC(=O)OC(CCCCCC)CCCCCC)CCCCCCCCC(=O)OC(CCCCCC)CCCCCC. The summed E-state index contributed by atoms with van der Waals surface area (Å²) in [5.74, 6) is 0.388. The second kappa shape index (κ2) is 49.3. The molecule has 0 bridgehead atoms. The van der Waals surface area contributed by atoms with Gasteiger partial charge in [-0.15, -0.1) is 0 Å². The summed E-state index contributed by atoms with van der Waals surface area (Å²) in [6, 6.07) is 0.318. The van der Waals surface area contributed by atoms with Gasteiger partial charge in [0.2, 0.25) is 5.91 Å². The second-order valence-electron chi connectivity index (χ2n) is 19.8. The number of carbonyl (C=O) groups excluding carboxylic acids is 3. The topological polar surface area (TPSA) is 84.9 Å². The van der Waals surface area contributed by atoms with Crippen LogP contribution in [0, 0.1) is 0 Å². The maximum Gasteiger partial charge on any atom is 0.306 e. The molecule has 0 spiro atoms. The van der Waals surface area contributed by atoms with E-state index >= 15 is 0 Å². The van der Waals surface area contributed by atoms with Gasteiger partial charge in [0.1, 0.15) is 12.2 Å². The Hall–Kier alpha value is -1.63. The lowest BCUT2D eigenvalue weighted by atomic mass is 9.97. The van der Waals surface area contributed by atoms with E-state index in [2.05, 4.69) is 44.8 Å². The summed E-state index contributed by atoms with van der Waals surface area (Å²) < 4.78 is 12.0. The van der Waals surface area contributed by atoms with Gasteiger partial charge in [0.15, 0.2) is 0 Å². The largest absolute Gasteiger partial charge is 0.462 e. The summed E-state index contributed by atoms with van der Waals surface area (Å²) in [7, 11) is 2.01. The molecule has 0 unspecified atom stereocenters. The quantitative estimate of drug-likeness (QED) is 0.0483. The fraction of sp³-hybridized carbons (Fsp3) is 0.947. The van der Waals surface area contributed by atoms with E-state index in [4.69, 9.17) is 9.47 Å². The number of esters is 2. The summed E-state index contributed by atoms with van der Waals surface area (Å²) in [4.78, 5) is 41.7. The number of nitrogens with one attached hydrogen (secondary N) is 1. The predicted octanol–water partition coefficient (Wildman–Crippen LogP) is 17.1. The molecule has 0 fully saturated rings. The average molecular weight is 906 g/mol. The molecule has 0 radical (unpaired) electrons. The van der Waals surface area contributed by atoms with E-state index in [9.17, 15) is 14.4 Å². The molecule has 7 heteroatoms. The van der Waals surface area contributed by atoms with Crippen LogP contribution in [-0.4, -0.2) is 61.1 Å². The Bertz CT molecular complexity index is 924. The number of amides is 1. The molecule has 0 aromatic rings. The van der Waals surface area contributed by atoms with Crippen LogP contribution in [0.25, 0.3) is 0 Å². The first-order valence-corrected chi connectivity index (χ1v) is 28.7. The van der Waals surface area contributed by atoms with Gasteiger partial charge in [0.25, 0.3) is 0 Å². The average Bonchev–Trinajstić information content (AvgIpc) is 3.29. The standard InChI is InChI=1S/C57H112N2O5/c1-7-12-17-26-37-47-55(60)59(51-40-50-58-6)52(41-31-27-22-24-29-38-48-56(61)63-53(43-33-18-13-8-2)44-34-19-14-9-3)42-32-28-23-25-30-39-49-57(62)64-54(45-35-20-15-10-4)46-36-21-16-11-5/h52-54,58H,7-51H2,1-6H3. The van der Waals surface area contributed by atoms with Crippen molar-refractivity contribution in [2.75, 3.05) is 20.1 Å². The van der Waals surface area contributed by atoms with Crippen molar-refractivity contribution >= 4 is 17.8 Å². The van der Waals surface area contributed by atoms with Crippen LogP contribution in [0.5, 0.6) is 0 Å². The molecule has 0 aromatic carbocycles. The molecule has 0 aliphatic carbocycles. The lowest BCUT2D eigenvalue weighted by Gasteiger charge is -2.33. The number of ether oxygens (including phenoxy) is 2. The zero-order valence-corrected chi connectivity index (χ0v) is 44.0. The van der Waals surface area contributed by atoms with E-state index in [1.165, 1.54) is 148 Å². The van der Waals surface area contributed by atoms with Gasteiger partial charge in [-0.3, -0.25) is 14.4 Å². The summed E-state index contributed by atoms with van der Waals surface area (Å²) in [5.41, 5.74) is 0. The maximum atomic E-state index is 13.8. The monoisotopic (exact) mass is 905 g/mol. The molecule has 1 amide bonds. The molecule has 7 nitrogen and oxygen atoms in total. The summed E-state index contributed by atoms with van der Waals surface area (Å²) in [6.45, 7) is 13.0. The van der Waals surface area contributed by atoms with Gasteiger partial charge in [-0.05, 0) is 103 Å². The van der Waals surface area contributed by atoms with Gasteiger partial charge in [0.05, 0.1) is 0 Å². The Balaban J connectivity index is 4.96. The fourth-order valence-electron chi connectivity index (χ4n) is 9.34. The van der Waals surface area contributed by atoms with Crippen molar-refractivity contribution < 1.29 is 23.9 Å². The van der Waals surface area contributed by atoms with Gasteiger partial charge in [0, 0.05) is 31.8 Å². The molecular formula is C57H112N2O5. The Kier molecular flexibility index (Phi) is 48.0. The van der Waals surface area contributed by atoms with Crippen molar-refractivity contribution in [3.63, 3.8) is 0 Å². The molecule has 0 heterocycles. The van der Waals surface area contributed by atoms with E-state index in [1.807, 2.05) is 7.05 Å². The Morgan fingerprint density at radius 3 is 1.03 bits per heavy atom. The van der Waals surface area contributed by atoms with Gasteiger partial charge in [-0.2, -0.15) is 0 Å². The summed E-state index contributed by atoms with van der Waals surface area (Å²) in [6.07, 6.45) is 48.2. The lowest BCUT2D eigenvalue weighted by molar-refractivity contribution is -0.151. The summed E-state index contributed by atoms with van der Waals surface area (Å²) >= 11 is 0. The Morgan fingerprint density at radius 2 is 0.672 bits per heavy atom. The lowest BCUT2D eigenvalue weighted by Crippen LogP contribution is -2.41. The van der Waals surface area contributed by atoms with Crippen LogP contribution < -0.4 is 5.32 Å². The minimum Gasteiger partial charge on any atom is -0.462 e.